The minimum Gasteiger partial charge on any atom is -0.381 e. The highest BCUT2D eigenvalue weighted by Crippen LogP contribution is 2.18. The van der Waals surface area contributed by atoms with Gasteiger partial charge in [0.05, 0.1) is 4.47 Å². The smallest absolute Gasteiger partial charge is 0.244 e. The quantitative estimate of drug-likeness (QED) is 0.878. The molecule has 0 saturated carbocycles. The Morgan fingerprint density at radius 3 is 2.43 bits per heavy atom. The number of piperazine rings is 1. The molecule has 0 atom stereocenters. The number of anilines is 2. The van der Waals surface area contributed by atoms with Crippen molar-refractivity contribution in [3.8, 4) is 0 Å². The van der Waals surface area contributed by atoms with Crippen LogP contribution in [-0.2, 0) is 11.3 Å². The minimum atomic E-state index is -0.243. The van der Waals surface area contributed by atoms with E-state index in [1.165, 1.54) is 16.8 Å². The molecule has 2 aromatic rings. The van der Waals surface area contributed by atoms with E-state index in [9.17, 15) is 9.18 Å². The summed E-state index contributed by atoms with van der Waals surface area (Å²) in [6.07, 6.45) is 1.70. The summed E-state index contributed by atoms with van der Waals surface area (Å²) in [6.45, 7) is 2.89. The lowest BCUT2D eigenvalue weighted by atomic mass is 10.2. The van der Waals surface area contributed by atoms with Crippen LogP contribution in [0.5, 0.6) is 0 Å². The van der Waals surface area contributed by atoms with Gasteiger partial charge in [0.1, 0.15) is 12.4 Å². The standard InChI is InChI=1S/C15H17BrFN5O/c16-13-9-22(19-15(13)18)10-14(23)21-7-5-20(6-8-21)12-3-1-11(17)2-4-12/h1-4,9H,5-8,10H2,(H2,18,19). The van der Waals surface area contributed by atoms with E-state index in [1.54, 1.807) is 18.3 Å². The molecule has 2 N–H and O–H groups in total. The Bertz CT molecular complexity index is 675. The lowest BCUT2D eigenvalue weighted by Gasteiger charge is -2.36. The molecular weight excluding hydrogens is 365 g/mol. The van der Waals surface area contributed by atoms with Crippen molar-refractivity contribution in [3.05, 3.63) is 40.8 Å². The number of amides is 1. The largest absolute Gasteiger partial charge is 0.381 e. The monoisotopic (exact) mass is 381 g/mol. The lowest BCUT2D eigenvalue weighted by Crippen LogP contribution is -2.49. The normalized spacial score (nSPS) is 15.0. The van der Waals surface area contributed by atoms with Gasteiger partial charge in [-0.25, -0.2) is 4.39 Å². The fourth-order valence-corrected chi connectivity index (χ4v) is 2.91. The minimum absolute atomic E-state index is 0.0127. The maximum atomic E-state index is 13.0. The van der Waals surface area contributed by atoms with Crippen LogP contribution in [0.15, 0.2) is 34.9 Å². The van der Waals surface area contributed by atoms with Gasteiger partial charge in [-0.3, -0.25) is 9.48 Å². The van der Waals surface area contributed by atoms with E-state index in [2.05, 4.69) is 25.9 Å². The van der Waals surface area contributed by atoms with E-state index in [1.807, 2.05) is 4.90 Å². The first-order valence-electron chi connectivity index (χ1n) is 7.29. The molecular formula is C15H17BrFN5O. The number of rotatable bonds is 3. The molecule has 1 aromatic heterocycles. The second-order valence-electron chi connectivity index (χ2n) is 5.40. The first-order valence-corrected chi connectivity index (χ1v) is 8.09. The topological polar surface area (TPSA) is 67.4 Å². The maximum Gasteiger partial charge on any atom is 0.244 e. The fraction of sp³-hybridized carbons (Fsp3) is 0.333. The molecule has 0 spiro atoms. The van der Waals surface area contributed by atoms with E-state index in [4.69, 9.17) is 5.73 Å². The third kappa shape index (κ3) is 3.64. The molecule has 122 valence electrons. The third-order valence-corrected chi connectivity index (χ3v) is 4.48. The van der Waals surface area contributed by atoms with Gasteiger partial charge < -0.3 is 15.5 Å². The SMILES string of the molecule is Nc1nn(CC(=O)N2CCN(c3ccc(F)cc3)CC2)cc1Br. The van der Waals surface area contributed by atoms with Gasteiger partial charge in [-0.2, -0.15) is 5.10 Å². The molecule has 3 rings (SSSR count). The first kappa shape index (κ1) is 15.8. The van der Waals surface area contributed by atoms with Crippen LogP contribution in [0.25, 0.3) is 0 Å². The van der Waals surface area contributed by atoms with Crippen molar-refractivity contribution in [2.24, 2.45) is 0 Å². The van der Waals surface area contributed by atoms with Crippen molar-refractivity contribution < 1.29 is 9.18 Å². The number of benzene rings is 1. The zero-order chi connectivity index (χ0) is 16.4. The number of halogens is 2. The number of carbonyl (C=O) groups excluding carboxylic acids is 1. The Morgan fingerprint density at radius 1 is 1.22 bits per heavy atom. The number of hydrogen-bond acceptors (Lipinski definition) is 4. The molecule has 2 heterocycles. The van der Waals surface area contributed by atoms with Gasteiger partial charge in [-0.15, -0.1) is 0 Å². The molecule has 1 amide bonds. The van der Waals surface area contributed by atoms with E-state index in [0.717, 1.165) is 18.8 Å². The van der Waals surface area contributed by atoms with E-state index in [0.29, 0.717) is 23.4 Å². The number of carbonyl (C=O) groups is 1. The van der Waals surface area contributed by atoms with Gasteiger partial charge in [-0.05, 0) is 40.2 Å². The molecule has 8 heteroatoms. The number of nitrogens with zero attached hydrogens (tertiary/aromatic N) is 4. The summed E-state index contributed by atoms with van der Waals surface area (Å²) in [5.74, 6) is 0.143. The van der Waals surface area contributed by atoms with Gasteiger partial charge in [0.15, 0.2) is 5.82 Å². The summed E-state index contributed by atoms with van der Waals surface area (Å²) in [6, 6.07) is 6.42. The van der Waals surface area contributed by atoms with Crippen LogP contribution in [-0.4, -0.2) is 46.8 Å². The average molecular weight is 382 g/mol. The number of aromatic nitrogens is 2. The van der Waals surface area contributed by atoms with Crippen LogP contribution in [0.2, 0.25) is 0 Å². The first-order chi connectivity index (χ1) is 11.0. The molecule has 1 aliphatic heterocycles. The summed E-state index contributed by atoms with van der Waals surface area (Å²) < 4.78 is 15.2. The molecule has 23 heavy (non-hydrogen) atoms. The Hall–Kier alpha value is -2.09. The predicted octanol–water partition coefficient (Wildman–Crippen LogP) is 1.72. The maximum absolute atomic E-state index is 13.0. The number of nitrogen functional groups attached to an aromatic ring is 1. The van der Waals surface area contributed by atoms with Crippen molar-refractivity contribution in [1.82, 2.24) is 14.7 Å². The summed E-state index contributed by atoms with van der Waals surface area (Å²) in [7, 11) is 0. The highest BCUT2D eigenvalue weighted by atomic mass is 79.9. The molecule has 1 saturated heterocycles. The van der Waals surface area contributed by atoms with Crippen molar-refractivity contribution >= 4 is 33.3 Å². The van der Waals surface area contributed by atoms with Gasteiger partial charge in [0.25, 0.3) is 0 Å². The van der Waals surface area contributed by atoms with Crippen LogP contribution in [0.4, 0.5) is 15.9 Å². The predicted molar refractivity (Wildman–Crippen MR) is 89.5 cm³/mol. The molecule has 1 aliphatic rings. The molecule has 6 nitrogen and oxygen atoms in total. The Morgan fingerprint density at radius 2 is 1.87 bits per heavy atom. The molecule has 1 fully saturated rings. The zero-order valence-electron chi connectivity index (χ0n) is 12.5. The summed E-state index contributed by atoms with van der Waals surface area (Å²) in [5, 5.41) is 4.07. The number of nitrogens with two attached hydrogens (primary N) is 1. The van der Waals surface area contributed by atoms with Crippen LogP contribution < -0.4 is 10.6 Å². The third-order valence-electron chi connectivity index (χ3n) is 3.86. The highest BCUT2D eigenvalue weighted by Gasteiger charge is 2.22. The van der Waals surface area contributed by atoms with Crippen LogP contribution >= 0.6 is 15.9 Å². The zero-order valence-corrected chi connectivity index (χ0v) is 14.0. The Kier molecular flexibility index (Phi) is 4.51. The lowest BCUT2D eigenvalue weighted by molar-refractivity contribution is -0.132. The van der Waals surface area contributed by atoms with Gasteiger partial charge in [0.2, 0.25) is 5.91 Å². The Labute approximate surface area is 141 Å². The van der Waals surface area contributed by atoms with Crippen LogP contribution in [0.3, 0.4) is 0 Å². The second kappa shape index (κ2) is 6.57. The summed E-state index contributed by atoms with van der Waals surface area (Å²) in [4.78, 5) is 16.3. The van der Waals surface area contributed by atoms with Crippen LogP contribution in [0, 0.1) is 5.82 Å². The number of hydrogen-bond donors (Lipinski definition) is 1. The van der Waals surface area contributed by atoms with Crippen molar-refractivity contribution in [3.63, 3.8) is 0 Å². The van der Waals surface area contributed by atoms with Gasteiger partial charge in [-0.1, -0.05) is 0 Å². The molecule has 1 aromatic carbocycles. The Balaban J connectivity index is 1.55. The average Bonchev–Trinajstić information content (AvgIpc) is 2.86. The summed E-state index contributed by atoms with van der Waals surface area (Å²) >= 11 is 3.27. The van der Waals surface area contributed by atoms with Crippen molar-refractivity contribution in [2.75, 3.05) is 36.8 Å². The van der Waals surface area contributed by atoms with Crippen molar-refractivity contribution in [1.29, 1.82) is 0 Å². The van der Waals surface area contributed by atoms with E-state index < -0.39 is 0 Å². The van der Waals surface area contributed by atoms with Gasteiger partial charge in [0, 0.05) is 38.1 Å². The van der Waals surface area contributed by atoms with E-state index >= 15 is 0 Å². The van der Waals surface area contributed by atoms with Gasteiger partial charge >= 0.3 is 0 Å². The second-order valence-corrected chi connectivity index (χ2v) is 6.26. The fourth-order valence-electron chi connectivity index (χ4n) is 2.60. The van der Waals surface area contributed by atoms with Crippen LogP contribution in [0.1, 0.15) is 0 Å². The molecule has 0 bridgehead atoms. The van der Waals surface area contributed by atoms with E-state index in [-0.39, 0.29) is 18.3 Å². The summed E-state index contributed by atoms with van der Waals surface area (Å²) in [5.41, 5.74) is 6.63. The molecule has 0 aliphatic carbocycles. The highest BCUT2D eigenvalue weighted by molar-refractivity contribution is 9.10. The molecule has 0 radical (unpaired) electrons. The van der Waals surface area contributed by atoms with Crippen molar-refractivity contribution in [2.45, 2.75) is 6.54 Å². The molecule has 0 unspecified atom stereocenters.